The van der Waals surface area contributed by atoms with E-state index in [2.05, 4.69) is 34.5 Å². The first-order valence-electron chi connectivity index (χ1n) is 6.20. The lowest BCUT2D eigenvalue weighted by Crippen LogP contribution is -2.45. The maximum Gasteiger partial charge on any atom is 0.122 e. The largest absolute Gasteiger partial charge is 0.334 e. The van der Waals surface area contributed by atoms with E-state index < -0.39 is 0 Å². The van der Waals surface area contributed by atoms with Crippen LogP contribution >= 0.6 is 0 Å². The molecule has 4 heteroatoms. The van der Waals surface area contributed by atoms with Crippen LogP contribution < -0.4 is 5.73 Å². The van der Waals surface area contributed by atoms with E-state index in [1.54, 1.807) is 0 Å². The summed E-state index contributed by atoms with van der Waals surface area (Å²) in [6, 6.07) is 0.961. The number of aryl methyl sites for hydroxylation is 1. The van der Waals surface area contributed by atoms with E-state index in [1.807, 2.05) is 6.20 Å². The Morgan fingerprint density at radius 2 is 2.38 bits per heavy atom. The lowest BCUT2D eigenvalue weighted by atomic mass is 9.99. The Morgan fingerprint density at radius 3 is 3.06 bits per heavy atom. The molecule has 2 rings (SSSR count). The number of rotatable bonds is 3. The summed E-state index contributed by atoms with van der Waals surface area (Å²) in [6.45, 7) is 7.46. The van der Waals surface area contributed by atoms with Gasteiger partial charge in [-0.1, -0.05) is 0 Å². The predicted octanol–water partition coefficient (Wildman–Crippen LogP) is 1.21. The van der Waals surface area contributed by atoms with E-state index in [9.17, 15) is 0 Å². The van der Waals surface area contributed by atoms with Gasteiger partial charge < -0.3 is 10.3 Å². The summed E-state index contributed by atoms with van der Waals surface area (Å²) in [5, 5.41) is 0. The monoisotopic (exact) mass is 222 g/mol. The van der Waals surface area contributed by atoms with Gasteiger partial charge in [-0.25, -0.2) is 4.98 Å². The minimum atomic E-state index is 0.386. The number of imidazole rings is 1. The second-order valence-corrected chi connectivity index (χ2v) is 4.73. The molecule has 1 saturated heterocycles. The summed E-state index contributed by atoms with van der Waals surface area (Å²) in [5.74, 6) is 1.17. The van der Waals surface area contributed by atoms with Crippen LogP contribution in [0.25, 0.3) is 0 Å². The predicted molar refractivity (Wildman–Crippen MR) is 65.0 cm³/mol. The number of hydrogen-bond donors (Lipinski definition) is 1. The normalized spacial score (nSPS) is 27.2. The van der Waals surface area contributed by atoms with E-state index in [0.29, 0.717) is 12.1 Å². The second kappa shape index (κ2) is 4.97. The first kappa shape index (κ1) is 11.6. The van der Waals surface area contributed by atoms with E-state index in [1.165, 1.54) is 5.82 Å². The van der Waals surface area contributed by atoms with Crippen LogP contribution in [0.15, 0.2) is 12.4 Å². The lowest BCUT2D eigenvalue weighted by Gasteiger charge is -2.36. The summed E-state index contributed by atoms with van der Waals surface area (Å²) in [7, 11) is 0. The zero-order chi connectivity index (χ0) is 11.5. The minimum Gasteiger partial charge on any atom is -0.334 e. The third-order valence-electron chi connectivity index (χ3n) is 3.54. The molecule has 0 radical (unpaired) electrons. The van der Waals surface area contributed by atoms with Gasteiger partial charge in [-0.2, -0.15) is 0 Å². The molecule has 1 aliphatic heterocycles. The first-order valence-corrected chi connectivity index (χ1v) is 6.20. The van der Waals surface area contributed by atoms with E-state index in [-0.39, 0.29) is 0 Å². The van der Waals surface area contributed by atoms with Crippen molar-refractivity contribution >= 4 is 0 Å². The zero-order valence-electron chi connectivity index (χ0n) is 10.3. The van der Waals surface area contributed by atoms with Crippen LogP contribution in [0.3, 0.4) is 0 Å². The van der Waals surface area contributed by atoms with Gasteiger partial charge in [0.15, 0.2) is 0 Å². The van der Waals surface area contributed by atoms with E-state index in [4.69, 9.17) is 5.73 Å². The number of nitrogens with zero attached hydrogens (tertiary/aromatic N) is 3. The summed E-state index contributed by atoms with van der Waals surface area (Å²) >= 11 is 0. The third-order valence-corrected chi connectivity index (χ3v) is 3.54. The second-order valence-electron chi connectivity index (χ2n) is 4.73. The van der Waals surface area contributed by atoms with Crippen molar-refractivity contribution in [2.45, 2.75) is 51.9 Å². The smallest absolute Gasteiger partial charge is 0.122 e. The Hall–Kier alpha value is -0.870. The summed E-state index contributed by atoms with van der Waals surface area (Å²) in [4.78, 5) is 6.91. The molecular formula is C12H22N4. The van der Waals surface area contributed by atoms with Crippen LogP contribution in [0.4, 0.5) is 0 Å². The Kier molecular flexibility index (Phi) is 3.61. The molecule has 90 valence electrons. The zero-order valence-corrected chi connectivity index (χ0v) is 10.3. The Labute approximate surface area is 97.4 Å². The Morgan fingerprint density at radius 1 is 1.56 bits per heavy atom. The molecular weight excluding hydrogens is 200 g/mol. The molecule has 2 unspecified atom stereocenters. The van der Waals surface area contributed by atoms with Gasteiger partial charge in [0, 0.05) is 37.6 Å². The summed E-state index contributed by atoms with van der Waals surface area (Å²) < 4.78 is 2.21. The van der Waals surface area contributed by atoms with Crippen molar-refractivity contribution in [3.05, 3.63) is 18.2 Å². The Bertz CT molecular complexity index is 334. The number of likely N-dealkylation sites (tertiary alicyclic amines) is 1. The summed E-state index contributed by atoms with van der Waals surface area (Å²) in [5.41, 5.74) is 5.97. The number of piperidine rings is 1. The van der Waals surface area contributed by atoms with Crippen molar-refractivity contribution in [3.63, 3.8) is 0 Å². The fraction of sp³-hybridized carbons (Fsp3) is 0.750. The molecule has 1 aromatic rings. The van der Waals surface area contributed by atoms with Crippen molar-refractivity contribution in [3.8, 4) is 0 Å². The van der Waals surface area contributed by atoms with Gasteiger partial charge >= 0.3 is 0 Å². The number of aromatic nitrogens is 2. The fourth-order valence-corrected chi connectivity index (χ4v) is 2.45. The molecule has 2 N–H and O–H groups in total. The van der Waals surface area contributed by atoms with Crippen LogP contribution in [0.2, 0.25) is 0 Å². The van der Waals surface area contributed by atoms with E-state index in [0.717, 1.165) is 32.5 Å². The Balaban J connectivity index is 1.99. The molecule has 2 heterocycles. The molecule has 0 aromatic carbocycles. The molecule has 4 nitrogen and oxygen atoms in total. The third kappa shape index (κ3) is 2.44. The van der Waals surface area contributed by atoms with Crippen LogP contribution in [-0.4, -0.2) is 33.1 Å². The highest BCUT2D eigenvalue weighted by molar-refractivity contribution is 4.94. The van der Waals surface area contributed by atoms with Crippen molar-refractivity contribution in [2.75, 3.05) is 6.54 Å². The highest BCUT2D eigenvalue weighted by Crippen LogP contribution is 2.18. The molecule has 0 spiro atoms. The maximum atomic E-state index is 5.97. The van der Waals surface area contributed by atoms with Crippen LogP contribution in [-0.2, 0) is 13.1 Å². The number of nitrogens with two attached hydrogens (primary N) is 1. The molecule has 0 saturated carbocycles. The molecule has 0 aliphatic carbocycles. The molecule has 16 heavy (non-hydrogen) atoms. The van der Waals surface area contributed by atoms with Crippen molar-refractivity contribution in [1.82, 2.24) is 14.5 Å². The van der Waals surface area contributed by atoms with E-state index >= 15 is 0 Å². The molecule has 1 fully saturated rings. The van der Waals surface area contributed by atoms with Gasteiger partial charge in [0.2, 0.25) is 0 Å². The van der Waals surface area contributed by atoms with Crippen LogP contribution in [0.5, 0.6) is 0 Å². The lowest BCUT2D eigenvalue weighted by molar-refractivity contribution is 0.135. The highest BCUT2D eigenvalue weighted by Gasteiger charge is 2.23. The van der Waals surface area contributed by atoms with Gasteiger partial charge in [-0.05, 0) is 26.7 Å². The van der Waals surface area contributed by atoms with Gasteiger partial charge in [-0.3, -0.25) is 4.90 Å². The summed E-state index contributed by atoms with van der Waals surface area (Å²) in [6.07, 6.45) is 6.15. The molecule has 0 bridgehead atoms. The maximum absolute atomic E-state index is 5.97. The van der Waals surface area contributed by atoms with Crippen molar-refractivity contribution in [2.24, 2.45) is 5.73 Å². The van der Waals surface area contributed by atoms with Gasteiger partial charge in [0.05, 0.1) is 6.54 Å². The van der Waals surface area contributed by atoms with Crippen molar-refractivity contribution in [1.29, 1.82) is 0 Å². The molecule has 2 atom stereocenters. The molecule has 0 amide bonds. The standard InChI is InChI=1S/C12H22N4/c1-3-15-7-5-14-12(15)9-16-6-4-11(13)8-10(16)2/h5,7,10-11H,3-4,6,8-9,13H2,1-2H3. The van der Waals surface area contributed by atoms with Gasteiger partial charge in [0.1, 0.15) is 5.82 Å². The van der Waals surface area contributed by atoms with Crippen LogP contribution in [0.1, 0.15) is 32.5 Å². The first-order chi connectivity index (χ1) is 7.70. The van der Waals surface area contributed by atoms with Gasteiger partial charge in [0.25, 0.3) is 0 Å². The molecule has 1 aliphatic rings. The average Bonchev–Trinajstić information content (AvgIpc) is 2.69. The minimum absolute atomic E-state index is 0.386. The topological polar surface area (TPSA) is 47.1 Å². The molecule has 1 aromatic heterocycles. The quantitative estimate of drug-likeness (QED) is 0.836. The van der Waals surface area contributed by atoms with Gasteiger partial charge in [-0.15, -0.1) is 0 Å². The SMILES string of the molecule is CCn1ccnc1CN1CCC(N)CC1C. The average molecular weight is 222 g/mol. The highest BCUT2D eigenvalue weighted by atomic mass is 15.2. The van der Waals surface area contributed by atoms with Crippen molar-refractivity contribution < 1.29 is 0 Å². The number of hydrogen-bond acceptors (Lipinski definition) is 3. The fourth-order valence-electron chi connectivity index (χ4n) is 2.45. The van der Waals surface area contributed by atoms with Crippen LogP contribution in [0, 0.1) is 0 Å².